The molecule has 0 amide bonds. The highest BCUT2D eigenvalue weighted by Gasteiger charge is 2.16. The number of unbranched alkanes of at least 4 members (excludes halogenated alkanes) is 1. The maximum absolute atomic E-state index is 9.40. The van der Waals surface area contributed by atoms with Crippen LogP contribution in [0.3, 0.4) is 0 Å². The molecule has 0 spiro atoms. The van der Waals surface area contributed by atoms with Gasteiger partial charge in [-0.15, -0.1) is 0 Å². The fourth-order valence-electron chi connectivity index (χ4n) is 2.39. The molecule has 0 fully saturated rings. The Bertz CT molecular complexity index is 572. The first-order valence-corrected chi connectivity index (χ1v) is 7.77. The van der Waals surface area contributed by atoms with Crippen molar-refractivity contribution in [2.45, 2.75) is 31.8 Å². The molecule has 0 aromatic heterocycles. The van der Waals surface area contributed by atoms with Crippen LogP contribution in [0.2, 0.25) is 0 Å². The summed E-state index contributed by atoms with van der Waals surface area (Å²) in [6, 6.07) is 22.6. The van der Waals surface area contributed by atoms with E-state index in [1.54, 1.807) is 0 Å². The van der Waals surface area contributed by atoms with E-state index in [9.17, 15) is 5.26 Å². The molecule has 0 aliphatic heterocycles. The van der Waals surface area contributed by atoms with Gasteiger partial charge in [0.05, 0.1) is 12.1 Å². The molecule has 2 aromatic rings. The zero-order valence-electron chi connectivity index (χ0n) is 12.9. The van der Waals surface area contributed by atoms with Gasteiger partial charge in [0.25, 0.3) is 0 Å². The van der Waals surface area contributed by atoms with Crippen LogP contribution in [0.25, 0.3) is 0 Å². The van der Waals surface area contributed by atoms with Crippen LogP contribution in [-0.4, -0.2) is 6.04 Å². The van der Waals surface area contributed by atoms with Gasteiger partial charge in [-0.05, 0) is 17.5 Å². The molecule has 1 atom stereocenters. The number of hydrogen-bond acceptors (Lipinski definition) is 2. The zero-order valence-corrected chi connectivity index (χ0v) is 12.9. The van der Waals surface area contributed by atoms with Crippen LogP contribution in [0, 0.1) is 11.3 Å². The summed E-state index contributed by atoms with van der Waals surface area (Å²) in [6.45, 7) is 2.13. The fraction of sp³-hybridized carbons (Fsp3) is 0.250. The van der Waals surface area contributed by atoms with E-state index in [2.05, 4.69) is 48.7 Å². The summed E-state index contributed by atoms with van der Waals surface area (Å²) in [5, 5.41) is 12.9. The minimum atomic E-state index is -0.294. The second-order valence-electron chi connectivity index (χ2n) is 5.24. The zero-order chi connectivity index (χ0) is 15.6. The highest BCUT2D eigenvalue weighted by Crippen LogP contribution is 2.22. The van der Waals surface area contributed by atoms with E-state index in [0.29, 0.717) is 0 Å². The first-order valence-electron chi connectivity index (χ1n) is 7.77. The first-order chi connectivity index (χ1) is 10.8. The van der Waals surface area contributed by atoms with Gasteiger partial charge in [-0.1, -0.05) is 86.2 Å². The maximum atomic E-state index is 9.40. The summed E-state index contributed by atoms with van der Waals surface area (Å²) in [7, 11) is 0. The molecular formula is C20H22N2. The average molecular weight is 290 g/mol. The van der Waals surface area contributed by atoms with Gasteiger partial charge in [-0.2, -0.15) is 5.26 Å². The molecule has 1 unspecified atom stereocenters. The van der Waals surface area contributed by atoms with Gasteiger partial charge in [-0.25, -0.2) is 0 Å². The van der Waals surface area contributed by atoms with Crippen molar-refractivity contribution >= 4 is 0 Å². The van der Waals surface area contributed by atoms with E-state index in [4.69, 9.17) is 0 Å². The third-order valence-electron chi connectivity index (χ3n) is 3.53. The second-order valence-corrected chi connectivity index (χ2v) is 5.24. The Labute approximate surface area is 133 Å². The van der Waals surface area contributed by atoms with Crippen molar-refractivity contribution in [1.82, 2.24) is 5.32 Å². The van der Waals surface area contributed by atoms with E-state index >= 15 is 0 Å². The molecule has 1 N–H and O–H groups in total. The van der Waals surface area contributed by atoms with E-state index in [0.717, 1.165) is 24.0 Å². The summed E-state index contributed by atoms with van der Waals surface area (Å²) < 4.78 is 0. The molecule has 0 radical (unpaired) electrons. The van der Waals surface area contributed by atoms with E-state index in [-0.39, 0.29) is 12.1 Å². The van der Waals surface area contributed by atoms with Crippen LogP contribution in [0.5, 0.6) is 0 Å². The van der Waals surface area contributed by atoms with Crippen molar-refractivity contribution in [1.29, 1.82) is 5.26 Å². The molecular weight excluding hydrogens is 268 g/mol. The molecule has 22 heavy (non-hydrogen) atoms. The van der Waals surface area contributed by atoms with Gasteiger partial charge in [0.15, 0.2) is 0 Å². The van der Waals surface area contributed by atoms with Gasteiger partial charge in [-0.3, -0.25) is 5.32 Å². The lowest BCUT2D eigenvalue weighted by Gasteiger charge is -2.21. The van der Waals surface area contributed by atoms with Crippen molar-refractivity contribution in [3.63, 3.8) is 0 Å². The van der Waals surface area contributed by atoms with Crippen LogP contribution >= 0.6 is 0 Å². The van der Waals surface area contributed by atoms with E-state index in [1.807, 2.05) is 42.5 Å². The van der Waals surface area contributed by atoms with Crippen LogP contribution in [0.4, 0.5) is 0 Å². The van der Waals surface area contributed by atoms with Crippen molar-refractivity contribution in [3.8, 4) is 6.07 Å². The predicted octanol–water partition coefficient (Wildman–Crippen LogP) is 4.61. The molecule has 2 rings (SSSR count). The van der Waals surface area contributed by atoms with Crippen LogP contribution in [0.1, 0.15) is 36.9 Å². The van der Waals surface area contributed by atoms with Crippen LogP contribution in [-0.2, 0) is 0 Å². The van der Waals surface area contributed by atoms with Gasteiger partial charge in [0.1, 0.15) is 6.04 Å². The lowest BCUT2D eigenvalue weighted by atomic mass is 9.98. The largest absolute Gasteiger partial charge is 0.288 e. The number of benzene rings is 2. The summed E-state index contributed by atoms with van der Waals surface area (Å²) in [4.78, 5) is 0. The molecule has 2 nitrogen and oxygen atoms in total. The molecule has 0 aliphatic rings. The molecule has 0 aliphatic carbocycles. The van der Waals surface area contributed by atoms with Crippen molar-refractivity contribution in [2.75, 3.05) is 0 Å². The third kappa shape index (κ3) is 4.58. The van der Waals surface area contributed by atoms with Gasteiger partial charge in [0.2, 0.25) is 0 Å². The predicted molar refractivity (Wildman–Crippen MR) is 91.3 cm³/mol. The van der Waals surface area contributed by atoms with Crippen LogP contribution in [0.15, 0.2) is 72.8 Å². The molecule has 0 bridgehead atoms. The lowest BCUT2D eigenvalue weighted by Crippen LogP contribution is -2.31. The number of hydrogen-bond donors (Lipinski definition) is 1. The third-order valence-corrected chi connectivity index (χ3v) is 3.53. The minimum absolute atomic E-state index is 0.0123. The van der Waals surface area contributed by atoms with Crippen molar-refractivity contribution < 1.29 is 0 Å². The first kappa shape index (κ1) is 16.0. The van der Waals surface area contributed by atoms with Gasteiger partial charge in [0, 0.05) is 0 Å². The second kappa shape index (κ2) is 8.81. The molecule has 112 valence electrons. The normalized spacial score (nSPS) is 12.4. The Balaban J connectivity index is 2.24. The highest BCUT2D eigenvalue weighted by atomic mass is 14.9. The average Bonchev–Trinajstić information content (AvgIpc) is 2.59. The maximum Gasteiger partial charge on any atom is 0.115 e. The van der Waals surface area contributed by atoms with Gasteiger partial charge < -0.3 is 0 Å². The molecule has 2 heteroatoms. The Morgan fingerprint density at radius 2 is 1.55 bits per heavy atom. The number of nitrogens with one attached hydrogen (secondary N) is 1. The summed E-state index contributed by atoms with van der Waals surface area (Å²) in [5.74, 6) is 0. The number of nitrogens with zero attached hydrogens (tertiary/aromatic N) is 1. The standard InChI is InChI=1S/C20H22N2/c1-2-3-6-15-19(16-21)22-20(17-11-7-4-8-12-17)18-13-9-5-10-14-18/h4-15,19-20,22H,2-3H2,1H3. The molecule has 0 saturated carbocycles. The smallest absolute Gasteiger partial charge is 0.115 e. The monoisotopic (exact) mass is 290 g/mol. The fourth-order valence-corrected chi connectivity index (χ4v) is 2.39. The molecule has 2 aromatic carbocycles. The lowest BCUT2D eigenvalue weighted by molar-refractivity contribution is 0.598. The Kier molecular flexibility index (Phi) is 6.41. The quantitative estimate of drug-likeness (QED) is 0.756. The van der Waals surface area contributed by atoms with E-state index < -0.39 is 0 Å². The SMILES string of the molecule is CCCC=CC(C#N)NC(c1ccccc1)c1ccccc1. The number of allylic oxidation sites excluding steroid dienone is 1. The topological polar surface area (TPSA) is 35.8 Å². The molecule has 0 heterocycles. The number of nitriles is 1. The minimum Gasteiger partial charge on any atom is -0.288 e. The van der Waals surface area contributed by atoms with Crippen molar-refractivity contribution in [3.05, 3.63) is 83.9 Å². The molecule has 0 saturated heterocycles. The Morgan fingerprint density at radius 1 is 1.00 bits per heavy atom. The number of rotatable bonds is 7. The Hall–Kier alpha value is -2.37. The van der Waals surface area contributed by atoms with Crippen LogP contribution < -0.4 is 5.32 Å². The van der Waals surface area contributed by atoms with Crippen molar-refractivity contribution in [2.24, 2.45) is 0 Å². The Morgan fingerprint density at radius 3 is 2.00 bits per heavy atom. The summed E-state index contributed by atoms with van der Waals surface area (Å²) >= 11 is 0. The summed E-state index contributed by atoms with van der Waals surface area (Å²) in [5.41, 5.74) is 2.33. The highest BCUT2D eigenvalue weighted by molar-refractivity contribution is 5.32. The summed E-state index contributed by atoms with van der Waals surface area (Å²) in [6.07, 6.45) is 6.13. The van der Waals surface area contributed by atoms with Gasteiger partial charge >= 0.3 is 0 Å². The van der Waals surface area contributed by atoms with E-state index in [1.165, 1.54) is 0 Å².